The molecule has 0 amide bonds. The molecule has 0 saturated carbocycles. The highest BCUT2D eigenvalue weighted by Crippen LogP contribution is 2.30. The molecule has 3 heterocycles. The molecule has 0 saturated heterocycles. The van der Waals surface area contributed by atoms with Crippen LogP contribution in [0.15, 0.2) is 36.8 Å². The zero-order valence-corrected chi connectivity index (χ0v) is 11.8. The number of hydrogen-bond acceptors (Lipinski definition) is 4. The highest BCUT2D eigenvalue weighted by atomic mass is 19.4. The maximum Gasteiger partial charge on any atom is 0.416 e. The minimum Gasteiger partial charge on any atom is -0.273 e. The van der Waals surface area contributed by atoms with Crippen LogP contribution in [0.3, 0.4) is 0 Å². The van der Waals surface area contributed by atoms with E-state index in [1.165, 1.54) is 23.0 Å². The zero-order valence-electron chi connectivity index (χ0n) is 11.8. The molecule has 0 aliphatic carbocycles. The average Bonchev–Trinajstić information content (AvgIpc) is 3.08. The molecule has 0 radical (unpaired) electrons. The number of aryl methyl sites for hydroxylation is 1. The third kappa shape index (κ3) is 2.20. The monoisotopic (exact) mass is 318 g/mol. The van der Waals surface area contributed by atoms with Gasteiger partial charge in [-0.25, -0.2) is 14.5 Å². The summed E-state index contributed by atoms with van der Waals surface area (Å²) in [5.41, 5.74) is 0.879. The molecule has 4 aromatic rings. The van der Waals surface area contributed by atoms with Gasteiger partial charge in [0.2, 0.25) is 0 Å². The van der Waals surface area contributed by atoms with E-state index in [1.54, 1.807) is 17.9 Å². The highest BCUT2D eigenvalue weighted by molar-refractivity contribution is 5.88. The van der Waals surface area contributed by atoms with Crippen molar-refractivity contribution in [3.05, 3.63) is 42.4 Å². The molecular weight excluding hydrogens is 309 g/mol. The standard InChI is InChI=1S/C14H9F3N6/c1-22-6-10-12(20-22)18-7-23-13(10)19-11(21-23)8-2-4-9(5-3-8)14(15,16)17/h2-7H,1H3. The second kappa shape index (κ2) is 4.51. The van der Waals surface area contributed by atoms with E-state index in [2.05, 4.69) is 20.2 Å². The van der Waals surface area contributed by atoms with Gasteiger partial charge >= 0.3 is 6.18 Å². The van der Waals surface area contributed by atoms with E-state index in [0.29, 0.717) is 22.7 Å². The molecule has 3 aromatic heterocycles. The first kappa shape index (κ1) is 13.7. The molecule has 9 heteroatoms. The normalized spacial score (nSPS) is 12.3. The molecule has 1 aromatic carbocycles. The number of benzene rings is 1. The molecule has 23 heavy (non-hydrogen) atoms. The Bertz CT molecular complexity index is 1010. The minimum atomic E-state index is -4.36. The predicted molar refractivity (Wildman–Crippen MR) is 75.5 cm³/mol. The Morgan fingerprint density at radius 3 is 2.48 bits per heavy atom. The van der Waals surface area contributed by atoms with E-state index in [0.717, 1.165) is 17.5 Å². The van der Waals surface area contributed by atoms with E-state index in [-0.39, 0.29) is 0 Å². The summed E-state index contributed by atoms with van der Waals surface area (Å²) in [6.07, 6.45) is -1.12. The number of nitrogens with zero attached hydrogens (tertiary/aromatic N) is 6. The van der Waals surface area contributed by atoms with Crippen molar-refractivity contribution < 1.29 is 13.2 Å². The van der Waals surface area contributed by atoms with Crippen LogP contribution in [0.2, 0.25) is 0 Å². The number of hydrogen-bond donors (Lipinski definition) is 0. The third-order valence-corrected chi connectivity index (χ3v) is 3.44. The lowest BCUT2D eigenvalue weighted by atomic mass is 10.1. The Labute approximate surface area is 127 Å². The first-order valence-corrected chi connectivity index (χ1v) is 6.64. The van der Waals surface area contributed by atoms with Crippen LogP contribution in [-0.2, 0) is 13.2 Å². The largest absolute Gasteiger partial charge is 0.416 e. The van der Waals surface area contributed by atoms with Gasteiger partial charge < -0.3 is 0 Å². The summed E-state index contributed by atoms with van der Waals surface area (Å²) in [7, 11) is 1.77. The molecule has 0 aliphatic heterocycles. The zero-order chi connectivity index (χ0) is 16.2. The molecule has 0 spiro atoms. The van der Waals surface area contributed by atoms with Crippen LogP contribution in [0.4, 0.5) is 13.2 Å². The van der Waals surface area contributed by atoms with E-state index >= 15 is 0 Å². The number of halogens is 3. The van der Waals surface area contributed by atoms with Gasteiger partial charge in [-0.1, -0.05) is 12.1 Å². The summed E-state index contributed by atoms with van der Waals surface area (Å²) >= 11 is 0. The summed E-state index contributed by atoms with van der Waals surface area (Å²) in [5, 5.41) is 9.17. The van der Waals surface area contributed by atoms with Crippen molar-refractivity contribution in [2.45, 2.75) is 6.18 Å². The highest BCUT2D eigenvalue weighted by Gasteiger charge is 2.30. The Morgan fingerprint density at radius 1 is 1.04 bits per heavy atom. The van der Waals surface area contributed by atoms with Gasteiger partial charge in [-0.05, 0) is 12.1 Å². The molecular formula is C14H9F3N6. The quantitative estimate of drug-likeness (QED) is 0.541. The number of alkyl halides is 3. The van der Waals surface area contributed by atoms with Crippen LogP contribution in [0.25, 0.3) is 28.1 Å². The van der Waals surface area contributed by atoms with E-state index in [1.807, 2.05) is 0 Å². The van der Waals surface area contributed by atoms with Crippen LogP contribution in [0, 0.1) is 0 Å². The van der Waals surface area contributed by atoms with Crippen LogP contribution in [-0.4, -0.2) is 29.4 Å². The Hall–Kier alpha value is -2.97. The first-order chi connectivity index (χ1) is 10.9. The lowest BCUT2D eigenvalue weighted by Gasteiger charge is -2.05. The van der Waals surface area contributed by atoms with Gasteiger partial charge in [0, 0.05) is 18.8 Å². The fourth-order valence-electron chi connectivity index (χ4n) is 2.36. The number of rotatable bonds is 1. The van der Waals surface area contributed by atoms with E-state index < -0.39 is 11.7 Å². The molecule has 0 N–H and O–H groups in total. The molecule has 0 aliphatic rings. The molecule has 0 bridgehead atoms. The summed E-state index contributed by atoms with van der Waals surface area (Å²) in [6, 6.07) is 4.73. The fraction of sp³-hybridized carbons (Fsp3) is 0.143. The van der Waals surface area contributed by atoms with Crippen LogP contribution in [0.1, 0.15) is 5.56 Å². The van der Waals surface area contributed by atoms with Gasteiger partial charge in [0.05, 0.1) is 10.9 Å². The van der Waals surface area contributed by atoms with Crippen molar-refractivity contribution in [3.63, 3.8) is 0 Å². The Balaban J connectivity index is 1.84. The molecule has 6 nitrogen and oxygen atoms in total. The second-order valence-corrected chi connectivity index (χ2v) is 5.06. The second-order valence-electron chi connectivity index (χ2n) is 5.06. The average molecular weight is 318 g/mol. The van der Waals surface area contributed by atoms with Crippen LogP contribution < -0.4 is 0 Å². The van der Waals surface area contributed by atoms with Crippen molar-refractivity contribution >= 4 is 16.7 Å². The molecule has 0 unspecified atom stereocenters. The van der Waals surface area contributed by atoms with Crippen molar-refractivity contribution in [1.82, 2.24) is 29.4 Å². The van der Waals surface area contributed by atoms with Crippen LogP contribution >= 0.6 is 0 Å². The van der Waals surface area contributed by atoms with Crippen LogP contribution in [0.5, 0.6) is 0 Å². The molecule has 4 rings (SSSR count). The van der Waals surface area contributed by atoms with Crippen molar-refractivity contribution in [2.75, 3.05) is 0 Å². The van der Waals surface area contributed by atoms with Crippen molar-refractivity contribution in [3.8, 4) is 11.4 Å². The lowest BCUT2D eigenvalue weighted by Crippen LogP contribution is -2.04. The van der Waals surface area contributed by atoms with Gasteiger partial charge in [0.25, 0.3) is 0 Å². The Morgan fingerprint density at radius 2 is 1.78 bits per heavy atom. The first-order valence-electron chi connectivity index (χ1n) is 6.64. The predicted octanol–water partition coefficient (Wildman–Crippen LogP) is 2.70. The fourth-order valence-corrected chi connectivity index (χ4v) is 2.36. The van der Waals surface area contributed by atoms with Crippen molar-refractivity contribution in [2.24, 2.45) is 7.05 Å². The van der Waals surface area contributed by atoms with Gasteiger partial charge in [-0.15, -0.1) is 5.10 Å². The smallest absolute Gasteiger partial charge is 0.273 e. The van der Waals surface area contributed by atoms with Gasteiger partial charge in [-0.2, -0.15) is 18.3 Å². The third-order valence-electron chi connectivity index (χ3n) is 3.44. The maximum absolute atomic E-state index is 12.6. The van der Waals surface area contributed by atoms with E-state index in [4.69, 9.17) is 0 Å². The van der Waals surface area contributed by atoms with E-state index in [9.17, 15) is 13.2 Å². The number of fused-ring (bicyclic) bond motifs is 3. The van der Waals surface area contributed by atoms with Crippen molar-refractivity contribution in [1.29, 1.82) is 0 Å². The van der Waals surface area contributed by atoms with Gasteiger partial charge in [-0.3, -0.25) is 4.68 Å². The lowest BCUT2D eigenvalue weighted by molar-refractivity contribution is -0.137. The summed E-state index contributed by atoms with van der Waals surface area (Å²) in [5.74, 6) is 0.330. The summed E-state index contributed by atoms with van der Waals surface area (Å²) in [4.78, 5) is 8.56. The summed E-state index contributed by atoms with van der Waals surface area (Å²) in [6.45, 7) is 0. The number of aromatic nitrogens is 6. The maximum atomic E-state index is 12.6. The Kier molecular flexibility index (Phi) is 2.68. The van der Waals surface area contributed by atoms with Gasteiger partial charge in [0.1, 0.15) is 6.33 Å². The molecule has 0 atom stereocenters. The topological polar surface area (TPSA) is 60.9 Å². The molecule has 0 fully saturated rings. The SMILES string of the molecule is Cn1cc2c(ncn3nc(-c4ccc(C(F)(F)F)cc4)nc23)n1. The molecule has 116 valence electrons. The summed E-state index contributed by atoms with van der Waals surface area (Å²) < 4.78 is 40.9. The minimum absolute atomic E-state index is 0.330. The van der Waals surface area contributed by atoms with Gasteiger partial charge in [0.15, 0.2) is 17.1 Å².